The summed E-state index contributed by atoms with van der Waals surface area (Å²) in [5.74, 6) is 0.934. The van der Waals surface area contributed by atoms with Gasteiger partial charge in [-0.05, 0) is 69.6 Å². The Labute approximate surface area is 160 Å². The molecular weight excluding hydrogens is 344 g/mol. The van der Waals surface area contributed by atoms with Crippen LogP contribution < -0.4 is 4.74 Å². The molecule has 0 radical (unpaired) electrons. The summed E-state index contributed by atoms with van der Waals surface area (Å²) in [6.45, 7) is 6.82. The number of fused-ring (bicyclic) bond motifs is 1. The highest BCUT2D eigenvalue weighted by Gasteiger charge is 2.24. The number of ether oxygens (including phenoxy) is 1. The second-order valence-corrected chi connectivity index (χ2v) is 8.87. The molecule has 1 saturated heterocycles. The number of aryl methyl sites for hydroxylation is 1. The second kappa shape index (κ2) is 7.59. The van der Waals surface area contributed by atoms with Gasteiger partial charge in [-0.1, -0.05) is 0 Å². The normalized spacial score (nSPS) is 21.4. The summed E-state index contributed by atoms with van der Waals surface area (Å²) >= 11 is 1.76. The van der Waals surface area contributed by atoms with E-state index in [1.54, 1.807) is 11.3 Å². The third-order valence-electron chi connectivity index (χ3n) is 5.67. The molecular formula is C21H28N2O2S. The topological polar surface area (TPSA) is 35.9 Å². The van der Waals surface area contributed by atoms with Crippen molar-refractivity contribution < 1.29 is 9.84 Å². The van der Waals surface area contributed by atoms with Crippen molar-refractivity contribution in [2.24, 2.45) is 0 Å². The molecule has 140 valence electrons. The molecule has 0 bridgehead atoms. The lowest BCUT2D eigenvalue weighted by atomic mass is 10.1. The van der Waals surface area contributed by atoms with Gasteiger partial charge in [0.05, 0.1) is 0 Å². The molecule has 1 N–H and O–H groups in total. The average molecular weight is 373 g/mol. The van der Waals surface area contributed by atoms with Crippen molar-refractivity contribution >= 4 is 11.3 Å². The minimum atomic E-state index is 0.265. The Hall–Kier alpha value is -1.56. The van der Waals surface area contributed by atoms with Crippen LogP contribution in [0.15, 0.2) is 24.3 Å². The quantitative estimate of drug-likeness (QED) is 0.876. The Morgan fingerprint density at radius 2 is 2.15 bits per heavy atom. The van der Waals surface area contributed by atoms with Crippen LogP contribution in [0, 0.1) is 6.92 Å². The third kappa shape index (κ3) is 3.75. The maximum absolute atomic E-state index is 10.5. The smallest absolute Gasteiger partial charge is 0.165 e. The van der Waals surface area contributed by atoms with E-state index in [0.717, 1.165) is 30.8 Å². The van der Waals surface area contributed by atoms with Crippen molar-refractivity contribution in [2.75, 3.05) is 33.3 Å². The summed E-state index contributed by atoms with van der Waals surface area (Å²) in [6, 6.07) is 9.01. The first-order valence-electron chi connectivity index (χ1n) is 9.58. The Balaban J connectivity index is 1.52. The summed E-state index contributed by atoms with van der Waals surface area (Å²) in [4.78, 5) is 7.45. The Bertz CT molecular complexity index is 773. The van der Waals surface area contributed by atoms with Crippen LogP contribution in [-0.2, 0) is 6.54 Å². The highest BCUT2D eigenvalue weighted by atomic mass is 32.1. The maximum Gasteiger partial charge on any atom is 0.165 e. The van der Waals surface area contributed by atoms with E-state index < -0.39 is 0 Å². The van der Waals surface area contributed by atoms with Crippen LogP contribution >= 0.6 is 11.3 Å². The predicted molar refractivity (Wildman–Crippen MR) is 107 cm³/mol. The van der Waals surface area contributed by atoms with Gasteiger partial charge in [-0.15, -0.1) is 11.3 Å². The van der Waals surface area contributed by atoms with Crippen LogP contribution in [0.5, 0.6) is 11.5 Å². The number of aromatic hydroxyl groups is 1. The first-order valence-corrected chi connectivity index (χ1v) is 10.4. The van der Waals surface area contributed by atoms with Gasteiger partial charge in [0.15, 0.2) is 11.5 Å². The van der Waals surface area contributed by atoms with Crippen molar-refractivity contribution in [3.63, 3.8) is 0 Å². The van der Waals surface area contributed by atoms with Gasteiger partial charge in [-0.2, -0.15) is 0 Å². The molecule has 0 saturated carbocycles. The number of nitrogens with zero attached hydrogens (tertiary/aromatic N) is 2. The highest BCUT2D eigenvalue weighted by Crippen LogP contribution is 2.39. The van der Waals surface area contributed by atoms with Gasteiger partial charge in [0.25, 0.3) is 0 Å². The lowest BCUT2D eigenvalue weighted by Gasteiger charge is -2.24. The SMILES string of the molecule is Cc1ccc(-c2cc(O)c3c(c2)CN(CC[C@H]2CCCN2C)CCO3)s1. The molecule has 26 heavy (non-hydrogen) atoms. The predicted octanol–water partition coefficient (Wildman–Crippen LogP) is 4.11. The fourth-order valence-electron chi connectivity index (χ4n) is 4.15. The number of hydrogen-bond acceptors (Lipinski definition) is 5. The molecule has 2 aliphatic heterocycles. The molecule has 0 spiro atoms. The lowest BCUT2D eigenvalue weighted by Crippen LogP contribution is -2.32. The molecule has 0 amide bonds. The zero-order valence-electron chi connectivity index (χ0n) is 15.7. The molecule has 3 heterocycles. The molecule has 1 aromatic carbocycles. The Morgan fingerprint density at radius 3 is 2.88 bits per heavy atom. The van der Waals surface area contributed by atoms with Gasteiger partial charge in [-0.25, -0.2) is 0 Å². The molecule has 2 aliphatic rings. The van der Waals surface area contributed by atoms with Crippen molar-refractivity contribution in [3.05, 3.63) is 34.7 Å². The fourth-order valence-corrected chi connectivity index (χ4v) is 5.01. The number of phenols is 1. The van der Waals surface area contributed by atoms with Gasteiger partial charge in [-0.3, -0.25) is 4.90 Å². The van der Waals surface area contributed by atoms with Crippen molar-refractivity contribution in [3.8, 4) is 21.9 Å². The van der Waals surface area contributed by atoms with Gasteiger partial charge in [0.2, 0.25) is 0 Å². The van der Waals surface area contributed by atoms with E-state index in [-0.39, 0.29) is 5.75 Å². The monoisotopic (exact) mass is 372 g/mol. The summed E-state index contributed by atoms with van der Waals surface area (Å²) in [5, 5.41) is 10.5. The maximum atomic E-state index is 10.5. The molecule has 2 aromatic rings. The van der Waals surface area contributed by atoms with E-state index in [4.69, 9.17) is 4.74 Å². The van der Waals surface area contributed by atoms with Crippen molar-refractivity contribution in [2.45, 2.75) is 38.8 Å². The van der Waals surface area contributed by atoms with Crippen LogP contribution in [0.4, 0.5) is 0 Å². The Morgan fingerprint density at radius 1 is 1.27 bits per heavy atom. The molecule has 4 rings (SSSR count). The van der Waals surface area contributed by atoms with E-state index in [0.29, 0.717) is 18.4 Å². The first kappa shape index (κ1) is 17.8. The lowest BCUT2D eigenvalue weighted by molar-refractivity contribution is 0.197. The highest BCUT2D eigenvalue weighted by molar-refractivity contribution is 7.15. The Kier molecular flexibility index (Phi) is 5.20. The zero-order valence-corrected chi connectivity index (χ0v) is 16.5. The molecule has 0 aliphatic carbocycles. The molecule has 1 aromatic heterocycles. The van der Waals surface area contributed by atoms with Gasteiger partial charge < -0.3 is 14.7 Å². The average Bonchev–Trinajstić information content (AvgIpc) is 3.16. The van der Waals surface area contributed by atoms with Crippen LogP contribution in [0.1, 0.15) is 29.7 Å². The molecule has 0 unspecified atom stereocenters. The number of benzene rings is 1. The van der Waals surface area contributed by atoms with E-state index in [2.05, 4.69) is 42.0 Å². The summed E-state index contributed by atoms with van der Waals surface area (Å²) in [6.07, 6.45) is 3.85. The summed E-state index contributed by atoms with van der Waals surface area (Å²) < 4.78 is 5.90. The van der Waals surface area contributed by atoms with Crippen LogP contribution in [0.25, 0.3) is 10.4 Å². The minimum absolute atomic E-state index is 0.265. The third-order valence-corrected chi connectivity index (χ3v) is 6.72. The summed E-state index contributed by atoms with van der Waals surface area (Å²) in [5.41, 5.74) is 2.18. The number of thiophene rings is 1. The van der Waals surface area contributed by atoms with Gasteiger partial charge in [0.1, 0.15) is 6.61 Å². The zero-order chi connectivity index (χ0) is 18.1. The minimum Gasteiger partial charge on any atom is -0.504 e. The number of likely N-dealkylation sites (tertiary alicyclic amines) is 1. The molecule has 1 fully saturated rings. The van der Waals surface area contributed by atoms with Crippen molar-refractivity contribution in [1.29, 1.82) is 0 Å². The van der Waals surface area contributed by atoms with E-state index in [9.17, 15) is 5.11 Å². The molecule has 4 nitrogen and oxygen atoms in total. The first-order chi connectivity index (χ1) is 12.6. The molecule has 5 heteroatoms. The number of hydrogen-bond donors (Lipinski definition) is 1. The van der Waals surface area contributed by atoms with Crippen LogP contribution in [-0.4, -0.2) is 54.2 Å². The van der Waals surface area contributed by atoms with Gasteiger partial charge >= 0.3 is 0 Å². The standard InChI is InChI=1S/C21H28N2O2S/c1-15-5-6-20(26-15)16-12-17-14-23(9-7-18-4-3-8-22(18)2)10-11-25-21(17)19(24)13-16/h5-6,12-13,18,24H,3-4,7-11,14H2,1-2H3/t18-/m1/s1. The van der Waals surface area contributed by atoms with E-state index >= 15 is 0 Å². The fraction of sp³-hybridized carbons (Fsp3) is 0.524. The molecule has 1 atom stereocenters. The van der Waals surface area contributed by atoms with Crippen LogP contribution in [0.2, 0.25) is 0 Å². The van der Waals surface area contributed by atoms with E-state index in [1.165, 1.54) is 35.6 Å². The largest absolute Gasteiger partial charge is 0.504 e. The second-order valence-electron chi connectivity index (χ2n) is 7.58. The van der Waals surface area contributed by atoms with Crippen molar-refractivity contribution in [1.82, 2.24) is 9.80 Å². The van der Waals surface area contributed by atoms with Gasteiger partial charge in [0, 0.05) is 41.0 Å². The number of phenolic OH excluding ortho intramolecular Hbond substituents is 1. The summed E-state index contributed by atoms with van der Waals surface area (Å²) in [7, 11) is 2.24. The van der Waals surface area contributed by atoms with Crippen LogP contribution in [0.3, 0.4) is 0 Å². The van der Waals surface area contributed by atoms with E-state index in [1.807, 2.05) is 6.07 Å². The number of rotatable bonds is 4.